The maximum Gasteiger partial charge on any atom is 0.263 e. The number of ether oxygens (including phenoxy) is 2. The molecule has 0 aliphatic heterocycles. The number of benzene rings is 3. The monoisotopic (exact) mass is 500 g/mol. The van der Waals surface area contributed by atoms with Crippen LogP contribution < -0.4 is 15.0 Å². The molecular weight excluding hydrogens is 476 g/mol. The van der Waals surface area contributed by atoms with Gasteiger partial charge in [-0.1, -0.05) is 53.7 Å². The van der Waals surface area contributed by atoms with E-state index in [2.05, 4.69) is 10.2 Å². The summed E-state index contributed by atoms with van der Waals surface area (Å²) >= 11 is 1.27. The van der Waals surface area contributed by atoms with Crippen LogP contribution in [0.25, 0.3) is 16.7 Å². The lowest BCUT2D eigenvalue weighted by Crippen LogP contribution is -2.24. The molecule has 0 N–H and O–H groups in total. The molecule has 5 aromatic rings. The minimum atomic E-state index is -0.135. The fourth-order valence-corrected chi connectivity index (χ4v) is 4.90. The number of methoxy groups -OCH3 is 2. The van der Waals surface area contributed by atoms with Crippen LogP contribution >= 0.6 is 11.8 Å². The van der Waals surface area contributed by atoms with Crippen molar-refractivity contribution in [1.29, 1.82) is 0 Å². The fourth-order valence-electron chi connectivity index (χ4n) is 4.07. The van der Waals surface area contributed by atoms with Crippen molar-refractivity contribution in [3.05, 3.63) is 93.8 Å². The van der Waals surface area contributed by atoms with Gasteiger partial charge >= 0.3 is 0 Å². The van der Waals surface area contributed by atoms with Gasteiger partial charge in [0.25, 0.3) is 5.56 Å². The van der Waals surface area contributed by atoms with Crippen LogP contribution in [0.15, 0.2) is 76.7 Å². The average Bonchev–Trinajstić information content (AvgIpc) is 3.34. The van der Waals surface area contributed by atoms with E-state index in [-0.39, 0.29) is 17.1 Å². The van der Waals surface area contributed by atoms with E-state index >= 15 is 0 Å². The van der Waals surface area contributed by atoms with Gasteiger partial charge in [0, 0.05) is 5.56 Å². The van der Waals surface area contributed by atoms with Crippen LogP contribution in [-0.2, 0) is 6.54 Å². The van der Waals surface area contributed by atoms with Crippen LogP contribution in [0.3, 0.4) is 0 Å². The number of aromatic nitrogens is 4. The lowest BCUT2D eigenvalue weighted by atomic mass is 10.1. The van der Waals surface area contributed by atoms with E-state index < -0.39 is 0 Å². The van der Waals surface area contributed by atoms with E-state index in [1.165, 1.54) is 18.9 Å². The molecule has 8 nitrogen and oxygen atoms in total. The topological polar surface area (TPSA) is 87.7 Å². The number of ketones is 1. The molecule has 9 heteroatoms. The molecule has 182 valence electrons. The summed E-state index contributed by atoms with van der Waals surface area (Å²) in [5, 5.41) is 9.80. The molecule has 0 amide bonds. The number of Topliss-reactive ketones (excluding diaryl/α,β-unsaturated/α-hetero) is 1. The number of nitrogens with zero attached hydrogens (tertiary/aromatic N) is 4. The lowest BCUT2D eigenvalue weighted by molar-refractivity contribution is 0.102. The molecule has 0 radical (unpaired) electrons. The number of thioether (sulfide) groups is 1. The third-order valence-electron chi connectivity index (χ3n) is 5.98. The van der Waals surface area contributed by atoms with Crippen LogP contribution in [0.2, 0.25) is 0 Å². The molecule has 2 heterocycles. The predicted molar refractivity (Wildman–Crippen MR) is 140 cm³/mol. The lowest BCUT2D eigenvalue weighted by Gasteiger charge is -2.12. The highest BCUT2D eigenvalue weighted by Crippen LogP contribution is 2.29. The Labute approximate surface area is 211 Å². The molecule has 0 saturated heterocycles. The van der Waals surface area contributed by atoms with E-state index in [0.29, 0.717) is 45.4 Å². The highest BCUT2D eigenvalue weighted by molar-refractivity contribution is 7.99. The second-order valence-corrected chi connectivity index (χ2v) is 9.24. The minimum Gasteiger partial charge on any atom is -0.493 e. The summed E-state index contributed by atoms with van der Waals surface area (Å²) in [6, 6.07) is 20.5. The summed E-state index contributed by atoms with van der Waals surface area (Å²) in [6.07, 6.45) is 0. The van der Waals surface area contributed by atoms with Crippen molar-refractivity contribution >= 4 is 34.2 Å². The molecule has 36 heavy (non-hydrogen) atoms. The van der Waals surface area contributed by atoms with Gasteiger partial charge in [0.15, 0.2) is 22.4 Å². The fraction of sp³-hybridized carbons (Fsp3) is 0.185. The number of fused-ring (bicyclic) bond motifs is 3. The Morgan fingerprint density at radius 1 is 0.944 bits per heavy atom. The van der Waals surface area contributed by atoms with Crippen LogP contribution in [0.5, 0.6) is 11.5 Å². The molecular formula is C27H24N4O4S. The molecule has 0 unspecified atom stereocenters. The van der Waals surface area contributed by atoms with Gasteiger partial charge in [-0.3, -0.25) is 18.6 Å². The molecule has 5 rings (SSSR count). The van der Waals surface area contributed by atoms with Crippen LogP contribution in [-0.4, -0.2) is 44.9 Å². The largest absolute Gasteiger partial charge is 0.493 e. The van der Waals surface area contributed by atoms with Gasteiger partial charge in [0.05, 0.1) is 37.4 Å². The van der Waals surface area contributed by atoms with Crippen molar-refractivity contribution < 1.29 is 14.3 Å². The smallest absolute Gasteiger partial charge is 0.263 e. The summed E-state index contributed by atoms with van der Waals surface area (Å²) in [5.74, 6) is 1.53. The highest BCUT2D eigenvalue weighted by Gasteiger charge is 2.19. The third-order valence-corrected chi connectivity index (χ3v) is 6.91. The van der Waals surface area contributed by atoms with Gasteiger partial charge in [-0.05, 0) is 42.8 Å². The number of hydrogen-bond acceptors (Lipinski definition) is 7. The summed E-state index contributed by atoms with van der Waals surface area (Å²) < 4.78 is 14.0. The van der Waals surface area contributed by atoms with Crippen molar-refractivity contribution in [2.45, 2.75) is 18.6 Å². The second-order valence-electron chi connectivity index (χ2n) is 8.29. The Balaban J connectivity index is 1.52. The van der Waals surface area contributed by atoms with Gasteiger partial charge in [-0.25, -0.2) is 0 Å². The molecule has 0 aliphatic rings. The summed E-state index contributed by atoms with van der Waals surface area (Å²) in [6.45, 7) is 2.39. The van der Waals surface area contributed by atoms with Crippen molar-refractivity contribution in [2.24, 2.45) is 0 Å². The first-order chi connectivity index (χ1) is 17.5. The summed E-state index contributed by atoms with van der Waals surface area (Å²) in [4.78, 5) is 26.4. The Morgan fingerprint density at radius 3 is 2.44 bits per heavy atom. The van der Waals surface area contributed by atoms with Crippen molar-refractivity contribution in [3.8, 4) is 11.5 Å². The molecule has 0 bridgehead atoms. The molecule has 0 saturated carbocycles. The Bertz CT molecular complexity index is 1640. The minimum absolute atomic E-state index is 0.0880. The summed E-state index contributed by atoms with van der Waals surface area (Å²) in [7, 11) is 3.08. The molecule has 0 aliphatic carbocycles. The van der Waals surface area contributed by atoms with Crippen LogP contribution in [0, 0.1) is 6.92 Å². The molecule has 0 atom stereocenters. The number of carbonyl (C=O) groups is 1. The number of hydrogen-bond donors (Lipinski definition) is 0. The van der Waals surface area contributed by atoms with Gasteiger partial charge in [0.2, 0.25) is 5.78 Å². The van der Waals surface area contributed by atoms with Crippen LogP contribution in [0.1, 0.15) is 21.5 Å². The van der Waals surface area contributed by atoms with E-state index in [0.717, 1.165) is 11.1 Å². The molecule has 0 fully saturated rings. The van der Waals surface area contributed by atoms with Gasteiger partial charge in [0.1, 0.15) is 0 Å². The van der Waals surface area contributed by atoms with Crippen molar-refractivity contribution in [3.63, 3.8) is 0 Å². The molecule has 2 aromatic heterocycles. The normalized spacial score (nSPS) is 11.2. The van der Waals surface area contributed by atoms with Crippen molar-refractivity contribution in [1.82, 2.24) is 19.2 Å². The van der Waals surface area contributed by atoms with E-state index in [4.69, 9.17) is 9.47 Å². The average molecular weight is 501 g/mol. The van der Waals surface area contributed by atoms with Crippen molar-refractivity contribution in [2.75, 3.05) is 20.0 Å². The third kappa shape index (κ3) is 4.33. The number of para-hydroxylation sites is 1. The first kappa shape index (κ1) is 23.6. The zero-order valence-electron chi connectivity index (χ0n) is 20.1. The standard InChI is InChI=1S/C27H24N4O4S/c1-17-8-10-18(11-9-17)15-30-25(33)20-6-4-5-7-21(20)31-26(30)28-29-27(31)36-16-22(32)19-12-13-23(34-2)24(14-19)35-3/h4-14H,15-16H2,1-3H3. The van der Waals surface area contributed by atoms with Gasteiger partial charge < -0.3 is 9.47 Å². The SMILES string of the molecule is COc1ccc(C(=O)CSc2nnc3n(Cc4ccc(C)cc4)c(=O)c4ccccc4n23)cc1OC. The maximum atomic E-state index is 13.4. The van der Waals surface area contributed by atoms with E-state index in [1.54, 1.807) is 35.9 Å². The zero-order chi connectivity index (χ0) is 25.2. The van der Waals surface area contributed by atoms with Gasteiger partial charge in [-0.2, -0.15) is 0 Å². The van der Waals surface area contributed by atoms with E-state index in [1.807, 2.05) is 53.8 Å². The zero-order valence-corrected chi connectivity index (χ0v) is 20.9. The Kier molecular flexibility index (Phi) is 6.47. The summed E-state index contributed by atoms with van der Waals surface area (Å²) in [5.41, 5.74) is 3.21. The predicted octanol–water partition coefficient (Wildman–Crippen LogP) is 4.39. The molecule has 0 spiro atoms. The Hall–Kier alpha value is -4.11. The first-order valence-electron chi connectivity index (χ1n) is 11.3. The number of aryl methyl sites for hydroxylation is 1. The first-order valence-corrected chi connectivity index (χ1v) is 12.3. The highest BCUT2D eigenvalue weighted by atomic mass is 32.2. The van der Waals surface area contributed by atoms with E-state index in [9.17, 15) is 9.59 Å². The maximum absolute atomic E-state index is 13.4. The molecule has 3 aromatic carbocycles. The van der Waals surface area contributed by atoms with Gasteiger partial charge in [-0.15, -0.1) is 10.2 Å². The second kappa shape index (κ2) is 9.87. The quantitative estimate of drug-likeness (QED) is 0.231. The number of rotatable bonds is 8. The number of carbonyl (C=O) groups excluding carboxylic acids is 1. The van der Waals surface area contributed by atoms with Crippen LogP contribution in [0.4, 0.5) is 0 Å². The Morgan fingerprint density at radius 2 is 1.69 bits per heavy atom.